The molecule has 0 saturated heterocycles. The third-order valence-electron chi connectivity index (χ3n) is 4.50. The van der Waals surface area contributed by atoms with Crippen LogP contribution in [0.2, 0.25) is 0 Å². The van der Waals surface area contributed by atoms with E-state index in [4.69, 9.17) is 4.74 Å². The molecule has 0 saturated carbocycles. The molecule has 0 radical (unpaired) electrons. The fraction of sp³-hybridized carbons (Fsp3) is 0.263. The molecule has 1 amide bonds. The van der Waals surface area contributed by atoms with E-state index in [0.717, 1.165) is 0 Å². The number of hydrogen-bond acceptors (Lipinski definition) is 5. The molecule has 1 atom stereocenters. The van der Waals surface area contributed by atoms with E-state index in [1.54, 1.807) is 12.1 Å². The van der Waals surface area contributed by atoms with Crippen molar-refractivity contribution in [2.45, 2.75) is 25.2 Å². The van der Waals surface area contributed by atoms with Crippen molar-refractivity contribution in [3.63, 3.8) is 0 Å². The summed E-state index contributed by atoms with van der Waals surface area (Å²) in [5, 5.41) is 24.2. The third kappa shape index (κ3) is 3.18. The number of rotatable bonds is 3. The maximum Gasteiger partial charge on any atom is 0.438 e. The standard InChI is InChI=1S/C19H17F3N2O4/c1-11-5-3-8-14(16(11)25)17(26)24-18(27,19(20,21)22)10-15(23-24)12-6-4-7-13(9-12)28-2/h3-9,25,27H,10H2,1-2H3/t18-/m0/s1. The third-order valence-corrected chi connectivity index (χ3v) is 4.50. The second-order valence-corrected chi connectivity index (χ2v) is 6.36. The summed E-state index contributed by atoms with van der Waals surface area (Å²) in [6.45, 7) is 1.50. The normalized spacial score (nSPS) is 19.5. The van der Waals surface area contributed by atoms with E-state index in [1.807, 2.05) is 0 Å². The fourth-order valence-electron chi connectivity index (χ4n) is 2.89. The highest BCUT2D eigenvalue weighted by atomic mass is 19.4. The van der Waals surface area contributed by atoms with Crippen LogP contribution in [0, 0.1) is 6.92 Å². The van der Waals surface area contributed by atoms with Gasteiger partial charge < -0.3 is 14.9 Å². The smallest absolute Gasteiger partial charge is 0.438 e. The van der Waals surface area contributed by atoms with Crippen LogP contribution in [0.4, 0.5) is 13.2 Å². The molecule has 2 aromatic carbocycles. The van der Waals surface area contributed by atoms with Gasteiger partial charge in [0.05, 0.1) is 24.8 Å². The molecule has 0 unspecified atom stereocenters. The Kier molecular flexibility index (Phi) is 4.80. The molecule has 3 rings (SSSR count). The Balaban J connectivity index is 2.10. The molecule has 28 heavy (non-hydrogen) atoms. The lowest BCUT2D eigenvalue weighted by atomic mass is 10.00. The average Bonchev–Trinajstić information content (AvgIpc) is 3.02. The van der Waals surface area contributed by atoms with Gasteiger partial charge in [-0.25, -0.2) is 0 Å². The van der Waals surface area contributed by atoms with Crippen LogP contribution in [0.5, 0.6) is 11.5 Å². The predicted molar refractivity (Wildman–Crippen MR) is 94.2 cm³/mol. The van der Waals surface area contributed by atoms with Crippen LogP contribution in [0.25, 0.3) is 0 Å². The second kappa shape index (κ2) is 6.83. The summed E-state index contributed by atoms with van der Waals surface area (Å²) < 4.78 is 46.1. The Morgan fingerprint density at radius 2 is 1.93 bits per heavy atom. The number of aryl methyl sites for hydroxylation is 1. The van der Waals surface area contributed by atoms with Crippen molar-refractivity contribution in [2.24, 2.45) is 5.10 Å². The molecule has 0 fully saturated rings. The summed E-state index contributed by atoms with van der Waals surface area (Å²) in [5.41, 5.74) is -3.50. The van der Waals surface area contributed by atoms with Crippen LogP contribution in [-0.4, -0.2) is 45.9 Å². The maximum absolute atomic E-state index is 13.7. The molecule has 6 nitrogen and oxygen atoms in total. The highest BCUT2D eigenvalue weighted by Crippen LogP contribution is 2.42. The van der Waals surface area contributed by atoms with Crippen molar-refractivity contribution in [3.8, 4) is 11.5 Å². The van der Waals surface area contributed by atoms with E-state index < -0.39 is 35.5 Å². The fourth-order valence-corrected chi connectivity index (χ4v) is 2.89. The Bertz CT molecular complexity index is 958. The van der Waals surface area contributed by atoms with Crippen molar-refractivity contribution >= 4 is 11.6 Å². The number of ether oxygens (including phenoxy) is 1. The second-order valence-electron chi connectivity index (χ2n) is 6.36. The molecule has 0 aromatic heterocycles. The number of amides is 1. The molecule has 1 aliphatic rings. The van der Waals surface area contributed by atoms with Crippen molar-refractivity contribution in [3.05, 3.63) is 59.2 Å². The number of carbonyl (C=O) groups is 1. The average molecular weight is 394 g/mol. The molecule has 2 N–H and O–H groups in total. The van der Waals surface area contributed by atoms with Crippen LogP contribution in [0.15, 0.2) is 47.6 Å². The molecule has 9 heteroatoms. The van der Waals surface area contributed by atoms with Gasteiger partial charge in [0.2, 0.25) is 0 Å². The molecule has 148 valence electrons. The summed E-state index contributed by atoms with van der Waals surface area (Å²) in [4.78, 5) is 12.8. The number of benzene rings is 2. The zero-order chi connectivity index (χ0) is 20.7. The lowest BCUT2D eigenvalue weighted by Crippen LogP contribution is -2.56. The van der Waals surface area contributed by atoms with Crippen LogP contribution in [0.3, 0.4) is 0 Å². The summed E-state index contributed by atoms with van der Waals surface area (Å²) in [5.74, 6) is -1.35. The lowest BCUT2D eigenvalue weighted by molar-refractivity contribution is -0.297. The molecule has 1 aliphatic heterocycles. The monoisotopic (exact) mass is 394 g/mol. The highest BCUT2D eigenvalue weighted by Gasteiger charge is 2.63. The first-order valence-corrected chi connectivity index (χ1v) is 8.22. The Hall–Kier alpha value is -3.07. The van der Waals surface area contributed by atoms with Gasteiger partial charge in [0.1, 0.15) is 11.5 Å². The molecule has 0 spiro atoms. The van der Waals surface area contributed by atoms with Gasteiger partial charge in [0.15, 0.2) is 0 Å². The Morgan fingerprint density at radius 3 is 2.57 bits per heavy atom. The van der Waals surface area contributed by atoms with Crippen LogP contribution >= 0.6 is 0 Å². The van der Waals surface area contributed by atoms with Gasteiger partial charge >= 0.3 is 6.18 Å². The van der Waals surface area contributed by atoms with Gasteiger partial charge in [-0.05, 0) is 30.7 Å². The highest BCUT2D eigenvalue weighted by molar-refractivity contribution is 6.06. The number of hydrogen-bond donors (Lipinski definition) is 2. The van der Waals surface area contributed by atoms with E-state index in [9.17, 15) is 28.2 Å². The van der Waals surface area contributed by atoms with Crippen LogP contribution in [-0.2, 0) is 0 Å². The zero-order valence-electron chi connectivity index (χ0n) is 15.0. The molecular weight excluding hydrogens is 377 g/mol. The summed E-state index contributed by atoms with van der Waals surface area (Å²) in [6, 6.07) is 10.2. The zero-order valence-corrected chi connectivity index (χ0v) is 15.0. The number of alkyl halides is 3. The quantitative estimate of drug-likeness (QED) is 0.838. The van der Waals surface area contributed by atoms with Gasteiger partial charge in [-0.2, -0.15) is 23.3 Å². The molecule has 2 aromatic rings. The van der Waals surface area contributed by atoms with E-state index in [1.165, 1.54) is 44.4 Å². The Labute approximate surface area is 158 Å². The van der Waals surface area contributed by atoms with Gasteiger partial charge in [0, 0.05) is 5.56 Å². The number of aliphatic hydroxyl groups is 1. The number of nitrogens with zero attached hydrogens (tertiary/aromatic N) is 2. The number of halogens is 3. The van der Waals surface area contributed by atoms with E-state index in [-0.39, 0.29) is 16.3 Å². The minimum absolute atomic E-state index is 0.0176. The van der Waals surface area contributed by atoms with Crippen molar-refractivity contribution < 1.29 is 32.9 Å². The molecule has 0 bridgehead atoms. The number of para-hydroxylation sites is 1. The summed E-state index contributed by atoms with van der Waals surface area (Å²) in [6.07, 6.45) is -6.13. The largest absolute Gasteiger partial charge is 0.507 e. The number of carbonyl (C=O) groups excluding carboxylic acids is 1. The summed E-state index contributed by atoms with van der Waals surface area (Å²) in [7, 11) is 1.40. The SMILES string of the molecule is COc1cccc(C2=NN(C(=O)c3cccc(C)c3O)[C@@](O)(C(F)(F)F)C2)c1. The van der Waals surface area contributed by atoms with Crippen molar-refractivity contribution in [1.82, 2.24) is 5.01 Å². The minimum Gasteiger partial charge on any atom is -0.507 e. The van der Waals surface area contributed by atoms with E-state index >= 15 is 0 Å². The van der Waals surface area contributed by atoms with Crippen LogP contribution in [0.1, 0.15) is 27.9 Å². The number of phenolic OH excluding ortho intramolecular Hbond substituents is 1. The van der Waals surface area contributed by atoms with Crippen LogP contribution < -0.4 is 4.74 Å². The summed E-state index contributed by atoms with van der Waals surface area (Å²) >= 11 is 0. The first-order chi connectivity index (χ1) is 13.1. The van der Waals surface area contributed by atoms with Crippen molar-refractivity contribution in [2.75, 3.05) is 7.11 Å². The van der Waals surface area contributed by atoms with E-state index in [0.29, 0.717) is 11.3 Å². The minimum atomic E-state index is -5.17. The molecular formula is C19H17F3N2O4. The lowest BCUT2D eigenvalue weighted by Gasteiger charge is -2.32. The predicted octanol–water partition coefficient (Wildman–Crippen LogP) is 3.21. The molecule has 0 aliphatic carbocycles. The Morgan fingerprint density at radius 1 is 1.25 bits per heavy atom. The number of aromatic hydroxyl groups is 1. The van der Waals surface area contributed by atoms with Gasteiger partial charge in [-0.3, -0.25) is 4.79 Å². The number of hydrazone groups is 1. The molecule has 1 heterocycles. The van der Waals surface area contributed by atoms with E-state index in [2.05, 4.69) is 5.10 Å². The van der Waals surface area contributed by atoms with Gasteiger partial charge in [0.25, 0.3) is 11.6 Å². The maximum atomic E-state index is 13.7. The van der Waals surface area contributed by atoms with Gasteiger partial charge in [-0.15, -0.1) is 0 Å². The number of methoxy groups -OCH3 is 1. The topological polar surface area (TPSA) is 82.4 Å². The number of phenols is 1. The van der Waals surface area contributed by atoms with Crippen molar-refractivity contribution in [1.29, 1.82) is 0 Å². The first kappa shape index (κ1) is 19.7. The van der Waals surface area contributed by atoms with Gasteiger partial charge in [-0.1, -0.05) is 24.3 Å². The first-order valence-electron chi connectivity index (χ1n) is 8.22.